The van der Waals surface area contributed by atoms with E-state index >= 15 is 0 Å². The Hall–Kier alpha value is -1.95. The molecule has 3 rings (SSSR count). The predicted octanol–water partition coefficient (Wildman–Crippen LogP) is 3.84. The number of nitrogens with one attached hydrogen (secondary N) is 1. The fraction of sp³-hybridized carbons (Fsp3) is 0.333. The third-order valence-corrected chi connectivity index (χ3v) is 4.05. The van der Waals surface area contributed by atoms with E-state index in [1.807, 2.05) is 6.20 Å². The highest BCUT2D eigenvalue weighted by Gasteiger charge is 2.19. The van der Waals surface area contributed by atoms with Gasteiger partial charge in [0.05, 0.1) is 11.9 Å². The van der Waals surface area contributed by atoms with Gasteiger partial charge in [0.1, 0.15) is 5.82 Å². The smallest absolute Gasteiger partial charge is 0.214 e. The van der Waals surface area contributed by atoms with Gasteiger partial charge in [0, 0.05) is 12.0 Å². The molecule has 0 spiro atoms. The average molecular weight is 304 g/mol. The molecule has 0 atom stereocenters. The minimum Gasteiger partial charge on any atom is -0.356 e. The van der Waals surface area contributed by atoms with Crippen LogP contribution in [0.2, 0.25) is 0 Å². The molecule has 0 fully saturated rings. The first-order valence-corrected chi connectivity index (χ1v) is 7.58. The molecule has 2 heterocycles. The van der Waals surface area contributed by atoms with Crippen molar-refractivity contribution < 1.29 is 4.39 Å². The van der Waals surface area contributed by atoms with Gasteiger partial charge in [0.2, 0.25) is 10.1 Å². The number of hydrogen-bond donors (Lipinski definition) is 1. The van der Waals surface area contributed by atoms with Gasteiger partial charge in [0.25, 0.3) is 0 Å². The van der Waals surface area contributed by atoms with Crippen LogP contribution in [0.3, 0.4) is 0 Å². The molecule has 0 radical (unpaired) electrons. The number of halogens is 1. The zero-order valence-corrected chi connectivity index (χ0v) is 13.0. The second-order valence-electron chi connectivity index (χ2n) is 5.99. The maximum atomic E-state index is 12.8. The van der Waals surface area contributed by atoms with Gasteiger partial charge in [-0.15, -0.1) is 5.10 Å². The molecular formula is C15H17FN4S. The number of anilines is 1. The van der Waals surface area contributed by atoms with Crippen LogP contribution < -0.4 is 5.32 Å². The summed E-state index contributed by atoms with van der Waals surface area (Å²) in [5.41, 5.74) is 2.07. The summed E-state index contributed by atoms with van der Waals surface area (Å²) in [6.45, 7) is 7.01. The van der Waals surface area contributed by atoms with Gasteiger partial charge < -0.3 is 5.32 Å². The standard InChI is InChI=1S/C15H17FN4S/c1-15(2,3)12-9-20-14(18-12)21-13(19-20)17-8-10-4-6-11(16)7-5-10/h4-7,9H,8H2,1-3H3,(H,17,19). The fourth-order valence-electron chi connectivity index (χ4n) is 1.91. The van der Waals surface area contributed by atoms with Crippen molar-refractivity contribution in [3.8, 4) is 0 Å². The lowest BCUT2D eigenvalue weighted by Gasteiger charge is -2.13. The Kier molecular flexibility index (Phi) is 3.41. The van der Waals surface area contributed by atoms with Crippen LogP contribution in [0.1, 0.15) is 32.0 Å². The van der Waals surface area contributed by atoms with Crippen molar-refractivity contribution in [1.29, 1.82) is 0 Å². The van der Waals surface area contributed by atoms with Gasteiger partial charge in [-0.2, -0.15) is 0 Å². The molecule has 1 aromatic carbocycles. The zero-order chi connectivity index (χ0) is 15.0. The predicted molar refractivity (Wildman–Crippen MR) is 83.3 cm³/mol. The Balaban J connectivity index is 1.73. The van der Waals surface area contributed by atoms with Crippen LogP contribution in [0.15, 0.2) is 30.5 Å². The van der Waals surface area contributed by atoms with E-state index in [0.717, 1.165) is 21.3 Å². The Morgan fingerprint density at radius 2 is 1.95 bits per heavy atom. The van der Waals surface area contributed by atoms with E-state index in [9.17, 15) is 4.39 Å². The summed E-state index contributed by atoms with van der Waals surface area (Å²) in [4.78, 5) is 5.48. The first-order valence-electron chi connectivity index (χ1n) is 6.77. The van der Waals surface area contributed by atoms with E-state index < -0.39 is 0 Å². The molecular weight excluding hydrogens is 287 g/mol. The Labute approximate surface area is 126 Å². The maximum Gasteiger partial charge on any atom is 0.214 e. The Morgan fingerprint density at radius 3 is 2.57 bits per heavy atom. The number of fused-ring (bicyclic) bond motifs is 1. The first-order chi connectivity index (χ1) is 9.91. The molecule has 0 aliphatic rings. The number of rotatable bonds is 3. The van der Waals surface area contributed by atoms with Gasteiger partial charge in [-0.3, -0.25) is 0 Å². The summed E-state index contributed by atoms with van der Waals surface area (Å²) in [5.74, 6) is -0.221. The molecule has 0 saturated heterocycles. The highest BCUT2D eigenvalue weighted by molar-refractivity contribution is 7.20. The monoisotopic (exact) mass is 304 g/mol. The second-order valence-corrected chi connectivity index (χ2v) is 6.95. The van der Waals surface area contributed by atoms with Crippen molar-refractivity contribution in [1.82, 2.24) is 14.6 Å². The fourth-order valence-corrected chi connectivity index (χ4v) is 2.69. The summed E-state index contributed by atoms with van der Waals surface area (Å²) in [6, 6.07) is 6.44. The van der Waals surface area contributed by atoms with Crippen molar-refractivity contribution in [2.24, 2.45) is 0 Å². The van der Waals surface area contributed by atoms with Gasteiger partial charge in [-0.1, -0.05) is 44.2 Å². The van der Waals surface area contributed by atoms with Crippen LogP contribution in [-0.2, 0) is 12.0 Å². The van der Waals surface area contributed by atoms with Crippen LogP contribution in [-0.4, -0.2) is 14.6 Å². The van der Waals surface area contributed by atoms with E-state index in [4.69, 9.17) is 0 Å². The van der Waals surface area contributed by atoms with Gasteiger partial charge in [-0.25, -0.2) is 13.9 Å². The molecule has 0 amide bonds. The topological polar surface area (TPSA) is 42.2 Å². The largest absolute Gasteiger partial charge is 0.356 e. The average Bonchev–Trinajstić information content (AvgIpc) is 2.95. The Morgan fingerprint density at radius 1 is 1.24 bits per heavy atom. The molecule has 0 unspecified atom stereocenters. The SMILES string of the molecule is CC(C)(C)c1cn2nc(NCc3ccc(F)cc3)sc2n1. The minimum absolute atomic E-state index is 0.0229. The molecule has 2 aromatic heterocycles. The summed E-state index contributed by atoms with van der Waals surface area (Å²) >= 11 is 1.51. The lowest BCUT2D eigenvalue weighted by molar-refractivity contribution is 0.572. The molecule has 0 saturated carbocycles. The van der Waals surface area contributed by atoms with E-state index in [2.05, 4.69) is 36.2 Å². The van der Waals surface area contributed by atoms with Crippen molar-refractivity contribution in [3.63, 3.8) is 0 Å². The normalized spacial score (nSPS) is 12.0. The van der Waals surface area contributed by atoms with Gasteiger partial charge >= 0.3 is 0 Å². The zero-order valence-electron chi connectivity index (χ0n) is 12.2. The summed E-state index contributed by atoms with van der Waals surface area (Å²) in [5, 5.41) is 8.51. The van der Waals surface area contributed by atoms with Crippen molar-refractivity contribution in [3.05, 3.63) is 47.5 Å². The molecule has 0 aliphatic heterocycles. The van der Waals surface area contributed by atoms with Crippen molar-refractivity contribution in [2.45, 2.75) is 32.7 Å². The molecule has 21 heavy (non-hydrogen) atoms. The van der Waals surface area contributed by atoms with E-state index in [1.54, 1.807) is 16.6 Å². The number of imidazole rings is 1. The number of benzene rings is 1. The molecule has 3 aromatic rings. The van der Waals surface area contributed by atoms with Crippen LogP contribution in [0.5, 0.6) is 0 Å². The highest BCUT2D eigenvalue weighted by Crippen LogP contribution is 2.25. The lowest BCUT2D eigenvalue weighted by atomic mass is 9.93. The van der Waals surface area contributed by atoms with Crippen LogP contribution >= 0.6 is 11.3 Å². The van der Waals surface area contributed by atoms with Crippen LogP contribution in [0.4, 0.5) is 9.52 Å². The molecule has 4 nitrogen and oxygen atoms in total. The van der Waals surface area contributed by atoms with Gasteiger partial charge in [0.15, 0.2) is 0 Å². The summed E-state index contributed by atoms with van der Waals surface area (Å²) < 4.78 is 14.6. The summed E-state index contributed by atoms with van der Waals surface area (Å²) in [7, 11) is 0. The second kappa shape index (κ2) is 5.11. The van der Waals surface area contributed by atoms with E-state index in [0.29, 0.717) is 6.54 Å². The first kappa shape index (κ1) is 14.0. The van der Waals surface area contributed by atoms with E-state index in [-0.39, 0.29) is 11.2 Å². The minimum atomic E-state index is -0.221. The van der Waals surface area contributed by atoms with Crippen molar-refractivity contribution in [2.75, 3.05) is 5.32 Å². The Bertz CT molecular complexity index is 721. The summed E-state index contributed by atoms with van der Waals surface area (Å²) in [6.07, 6.45) is 1.97. The molecule has 0 bridgehead atoms. The third kappa shape index (κ3) is 3.05. The van der Waals surface area contributed by atoms with Gasteiger partial charge in [-0.05, 0) is 17.7 Å². The van der Waals surface area contributed by atoms with E-state index in [1.165, 1.54) is 23.5 Å². The quantitative estimate of drug-likeness (QED) is 0.799. The third-order valence-electron chi connectivity index (χ3n) is 3.17. The number of hydrogen-bond acceptors (Lipinski definition) is 4. The van der Waals surface area contributed by atoms with Crippen LogP contribution in [0, 0.1) is 5.82 Å². The maximum absolute atomic E-state index is 12.8. The number of nitrogens with zero attached hydrogens (tertiary/aromatic N) is 3. The van der Waals surface area contributed by atoms with Crippen LogP contribution in [0.25, 0.3) is 4.96 Å². The highest BCUT2D eigenvalue weighted by atomic mass is 32.1. The molecule has 110 valence electrons. The molecule has 1 N–H and O–H groups in total. The number of aromatic nitrogens is 3. The molecule has 6 heteroatoms. The molecule has 0 aliphatic carbocycles. The van der Waals surface area contributed by atoms with Crippen molar-refractivity contribution >= 4 is 21.4 Å². The lowest BCUT2D eigenvalue weighted by Crippen LogP contribution is -2.11.